The fourth-order valence-corrected chi connectivity index (χ4v) is 4.68. The van der Waals surface area contributed by atoms with Crippen LogP contribution < -0.4 is 10.6 Å². The van der Waals surface area contributed by atoms with Gasteiger partial charge in [0.1, 0.15) is 24.0 Å². The second-order valence-electron chi connectivity index (χ2n) is 8.13. The Morgan fingerprint density at radius 1 is 1.11 bits per heavy atom. The number of aromatic nitrogens is 2. The number of ether oxygens (including phenoxy) is 1. The van der Waals surface area contributed by atoms with Crippen LogP contribution in [0, 0.1) is 0 Å². The number of amides is 2. The zero-order valence-corrected chi connectivity index (χ0v) is 20.2. The van der Waals surface area contributed by atoms with Crippen LogP contribution in [0.5, 0.6) is 0 Å². The lowest BCUT2D eigenvalue weighted by molar-refractivity contribution is -0.139. The summed E-state index contributed by atoms with van der Waals surface area (Å²) in [5, 5.41) is 18.5. The van der Waals surface area contributed by atoms with Gasteiger partial charge >= 0.3 is 12.1 Å². The normalized spacial score (nSPS) is 13.0. The van der Waals surface area contributed by atoms with Crippen molar-refractivity contribution in [1.82, 2.24) is 15.1 Å². The predicted molar refractivity (Wildman–Crippen MR) is 134 cm³/mol. The summed E-state index contributed by atoms with van der Waals surface area (Å²) in [7, 11) is 1.57. The van der Waals surface area contributed by atoms with Crippen molar-refractivity contribution in [2.75, 3.05) is 23.9 Å². The Bertz CT molecular complexity index is 1210. The number of rotatable bonds is 9. The zero-order chi connectivity index (χ0) is 24.9. The lowest BCUT2D eigenvalue weighted by atomic mass is 9.98. The third-order valence-corrected chi connectivity index (χ3v) is 6.61. The molecule has 0 saturated heterocycles. The topological polar surface area (TPSA) is 123 Å². The number of carbonyl (C=O) groups excluding carboxylic acids is 2. The number of aryl methyl sites for hydroxylation is 1. The van der Waals surface area contributed by atoms with E-state index in [1.54, 1.807) is 7.05 Å². The van der Waals surface area contributed by atoms with Gasteiger partial charge in [0.2, 0.25) is 0 Å². The van der Waals surface area contributed by atoms with E-state index in [4.69, 9.17) is 4.74 Å². The highest BCUT2D eigenvalue weighted by Gasteiger charge is 2.29. The van der Waals surface area contributed by atoms with Crippen LogP contribution in [0.1, 0.15) is 33.8 Å². The van der Waals surface area contributed by atoms with Crippen LogP contribution in [0.2, 0.25) is 0 Å². The van der Waals surface area contributed by atoms with Gasteiger partial charge in [0.25, 0.3) is 5.91 Å². The van der Waals surface area contributed by atoms with Crippen LogP contribution in [0.3, 0.4) is 0 Å². The number of benzene rings is 2. The summed E-state index contributed by atoms with van der Waals surface area (Å²) >= 11 is 1.49. The van der Waals surface area contributed by atoms with Crippen molar-refractivity contribution in [2.45, 2.75) is 18.4 Å². The molecule has 0 aliphatic heterocycles. The van der Waals surface area contributed by atoms with Crippen molar-refractivity contribution >= 4 is 35.5 Å². The Balaban J connectivity index is 1.44. The van der Waals surface area contributed by atoms with Gasteiger partial charge in [0.05, 0.1) is 6.20 Å². The molecule has 0 fully saturated rings. The molecule has 182 valence electrons. The molecule has 0 bridgehead atoms. The number of nitrogens with zero attached hydrogens (tertiary/aromatic N) is 2. The van der Waals surface area contributed by atoms with Crippen LogP contribution in [0.25, 0.3) is 11.1 Å². The van der Waals surface area contributed by atoms with E-state index in [0.29, 0.717) is 5.75 Å². The Morgan fingerprint density at radius 2 is 1.74 bits per heavy atom. The number of carbonyl (C=O) groups is 3. The fourth-order valence-electron chi connectivity index (χ4n) is 4.21. The Labute approximate surface area is 206 Å². The summed E-state index contributed by atoms with van der Waals surface area (Å²) in [6.07, 6.45) is 2.68. The highest BCUT2D eigenvalue weighted by atomic mass is 32.2. The molecule has 2 aromatic carbocycles. The summed E-state index contributed by atoms with van der Waals surface area (Å²) in [5.41, 5.74) is 4.48. The molecule has 4 rings (SSSR count). The smallest absolute Gasteiger partial charge is 0.412 e. The van der Waals surface area contributed by atoms with Gasteiger partial charge in [-0.05, 0) is 40.7 Å². The van der Waals surface area contributed by atoms with Crippen LogP contribution in [-0.4, -0.2) is 57.5 Å². The Hall–Kier alpha value is -3.79. The van der Waals surface area contributed by atoms with E-state index in [9.17, 15) is 19.5 Å². The van der Waals surface area contributed by atoms with Crippen molar-refractivity contribution in [1.29, 1.82) is 0 Å². The summed E-state index contributed by atoms with van der Waals surface area (Å²) in [6.45, 7) is 0.120. The van der Waals surface area contributed by atoms with Crippen LogP contribution in [0.4, 0.5) is 10.6 Å². The molecule has 1 aliphatic carbocycles. The lowest BCUT2D eigenvalue weighted by Crippen LogP contribution is -2.41. The number of aliphatic carboxylic acids is 1. The molecule has 0 spiro atoms. The highest BCUT2D eigenvalue weighted by Crippen LogP contribution is 2.44. The van der Waals surface area contributed by atoms with Crippen molar-refractivity contribution in [2.24, 2.45) is 7.05 Å². The Morgan fingerprint density at radius 3 is 2.34 bits per heavy atom. The molecule has 9 nitrogen and oxygen atoms in total. The van der Waals surface area contributed by atoms with Crippen molar-refractivity contribution < 1.29 is 24.2 Å². The molecular formula is C25H26N4O5S. The molecule has 1 heterocycles. The SMILES string of the molecule is CSCCC(NC(=O)c1cnn(C)c1NC(=O)OCC1c2ccccc2-c2ccccc21)C(=O)O. The van der Waals surface area contributed by atoms with E-state index in [2.05, 4.69) is 27.9 Å². The first kappa shape index (κ1) is 24.3. The molecule has 1 aromatic heterocycles. The van der Waals surface area contributed by atoms with E-state index in [-0.39, 0.29) is 30.3 Å². The molecule has 3 N–H and O–H groups in total. The molecular weight excluding hydrogens is 468 g/mol. The average Bonchev–Trinajstić information content (AvgIpc) is 3.37. The number of carboxylic acid groups (broad SMARTS) is 1. The van der Waals surface area contributed by atoms with Gasteiger partial charge in [0, 0.05) is 13.0 Å². The summed E-state index contributed by atoms with van der Waals surface area (Å²) in [6, 6.07) is 15.0. The maximum Gasteiger partial charge on any atom is 0.412 e. The largest absolute Gasteiger partial charge is 0.480 e. The van der Waals surface area contributed by atoms with E-state index >= 15 is 0 Å². The third kappa shape index (κ3) is 5.17. The van der Waals surface area contributed by atoms with Gasteiger partial charge in [-0.3, -0.25) is 14.8 Å². The lowest BCUT2D eigenvalue weighted by Gasteiger charge is -2.16. The van der Waals surface area contributed by atoms with Crippen LogP contribution in [0.15, 0.2) is 54.7 Å². The van der Waals surface area contributed by atoms with E-state index in [1.165, 1.54) is 22.6 Å². The maximum atomic E-state index is 12.8. The first-order chi connectivity index (χ1) is 16.9. The van der Waals surface area contributed by atoms with Gasteiger partial charge in [-0.2, -0.15) is 16.9 Å². The average molecular weight is 495 g/mol. The molecule has 2 amide bonds. The number of hydrogen-bond donors (Lipinski definition) is 3. The summed E-state index contributed by atoms with van der Waals surface area (Å²) in [5.74, 6) is -1.17. The number of thioether (sulfide) groups is 1. The van der Waals surface area contributed by atoms with E-state index < -0.39 is 24.0 Å². The number of carboxylic acids is 1. The summed E-state index contributed by atoms with van der Waals surface area (Å²) in [4.78, 5) is 36.9. The molecule has 0 radical (unpaired) electrons. The van der Waals surface area contributed by atoms with Gasteiger partial charge in [-0.15, -0.1) is 0 Å². The second-order valence-corrected chi connectivity index (χ2v) is 9.11. The van der Waals surface area contributed by atoms with Gasteiger partial charge in [0.15, 0.2) is 0 Å². The minimum Gasteiger partial charge on any atom is -0.480 e. The van der Waals surface area contributed by atoms with Gasteiger partial charge in [-0.1, -0.05) is 48.5 Å². The number of fused-ring (bicyclic) bond motifs is 3. The van der Waals surface area contributed by atoms with Crippen molar-refractivity contribution in [3.63, 3.8) is 0 Å². The Kier molecular flexibility index (Phi) is 7.40. The quantitative estimate of drug-likeness (QED) is 0.414. The monoisotopic (exact) mass is 494 g/mol. The molecule has 10 heteroatoms. The highest BCUT2D eigenvalue weighted by molar-refractivity contribution is 7.98. The first-order valence-electron chi connectivity index (χ1n) is 11.1. The van der Waals surface area contributed by atoms with Gasteiger partial charge in [-0.25, -0.2) is 9.59 Å². The van der Waals surface area contributed by atoms with Gasteiger partial charge < -0.3 is 15.2 Å². The molecule has 1 atom stereocenters. The predicted octanol–water partition coefficient (Wildman–Crippen LogP) is 3.72. The first-order valence-corrected chi connectivity index (χ1v) is 12.5. The standard InChI is InChI=1S/C25H26N4O5S/c1-29-22(19(13-26-29)23(30)27-21(24(31)32)11-12-35-2)28-25(33)34-14-20-17-9-5-3-7-15(17)16-8-4-6-10-18(16)20/h3-10,13,20-21H,11-12,14H2,1-2H3,(H,27,30)(H,28,33)(H,31,32). The number of hydrogen-bond acceptors (Lipinski definition) is 6. The number of nitrogens with one attached hydrogen (secondary N) is 2. The van der Waals surface area contributed by atoms with Crippen LogP contribution >= 0.6 is 11.8 Å². The molecule has 1 unspecified atom stereocenters. The molecule has 3 aromatic rings. The van der Waals surface area contributed by atoms with Crippen molar-refractivity contribution in [3.05, 3.63) is 71.4 Å². The van der Waals surface area contributed by atoms with Crippen LogP contribution in [-0.2, 0) is 16.6 Å². The minimum atomic E-state index is -1.12. The molecule has 0 saturated carbocycles. The minimum absolute atomic E-state index is 0.0522. The molecule has 35 heavy (non-hydrogen) atoms. The summed E-state index contributed by atoms with van der Waals surface area (Å²) < 4.78 is 6.88. The maximum absolute atomic E-state index is 12.8. The second kappa shape index (κ2) is 10.6. The van der Waals surface area contributed by atoms with E-state index in [0.717, 1.165) is 22.3 Å². The van der Waals surface area contributed by atoms with E-state index in [1.807, 2.05) is 42.7 Å². The third-order valence-electron chi connectivity index (χ3n) is 5.96. The number of anilines is 1. The molecule has 1 aliphatic rings. The fraction of sp³-hybridized carbons (Fsp3) is 0.280. The zero-order valence-electron chi connectivity index (χ0n) is 19.4. The van der Waals surface area contributed by atoms with Crippen molar-refractivity contribution in [3.8, 4) is 11.1 Å².